The minimum Gasteiger partial charge on any atom is -0.508 e. The fourth-order valence-electron chi connectivity index (χ4n) is 4.13. The van der Waals surface area contributed by atoms with Gasteiger partial charge in [0.1, 0.15) is 23.4 Å². The van der Waals surface area contributed by atoms with E-state index in [-0.39, 0.29) is 38.3 Å². The quantitative estimate of drug-likeness (QED) is 0.224. The summed E-state index contributed by atoms with van der Waals surface area (Å²) in [7, 11) is 0. The van der Waals surface area contributed by atoms with Gasteiger partial charge in [0.2, 0.25) is 11.8 Å². The van der Waals surface area contributed by atoms with Crippen molar-refractivity contribution < 1.29 is 33.8 Å². The van der Waals surface area contributed by atoms with Crippen LogP contribution in [0.1, 0.15) is 56.8 Å². The highest BCUT2D eigenvalue weighted by molar-refractivity contribution is 5.92. The molecule has 0 aliphatic heterocycles. The van der Waals surface area contributed by atoms with Crippen molar-refractivity contribution in [2.45, 2.75) is 58.2 Å². The number of alkyl carbamates (subject to hydrolysis) is 1. The Morgan fingerprint density at radius 3 is 2.36 bits per heavy atom. The molecule has 2 rings (SSSR count). The number of phenolic OH excluding ortho intramolecular Hbond substituents is 1. The van der Waals surface area contributed by atoms with E-state index < -0.39 is 41.6 Å². The molecule has 0 saturated carbocycles. The molecule has 0 fully saturated rings. The third-order valence-electron chi connectivity index (χ3n) is 5.93. The summed E-state index contributed by atoms with van der Waals surface area (Å²) in [6.45, 7) is 14.6. The lowest BCUT2D eigenvalue weighted by Gasteiger charge is -2.34. The molecule has 2 aromatic rings. The maximum atomic E-state index is 14.2. The minimum absolute atomic E-state index is 0.00146. The lowest BCUT2D eigenvalue weighted by Crippen LogP contribution is -2.54. The first-order chi connectivity index (χ1) is 19.9. The van der Waals surface area contributed by atoms with Crippen molar-refractivity contribution in [2.75, 3.05) is 19.7 Å². The van der Waals surface area contributed by atoms with Gasteiger partial charge in [0, 0.05) is 19.5 Å². The van der Waals surface area contributed by atoms with Gasteiger partial charge < -0.3 is 30.1 Å². The second-order valence-corrected chi connectivity index (χ2v) is 10.5. The van der Waals surface area contributed by atoms with Crippen molar-refractivity contribution in [1.82, 2.24) is 15.5 Å². The molecule has 42 heavy (non-hydrogen) atoms. The molecule has 0 bridgehead atoms. The molecular weight excluding hydrogens is 538 g/mol. The number of rotatable bonds is 14. The molecule has 3 amide bonds. The van der Waals surface area contributed by atoms with Crippen LogP contribution in [0.25, 0.3) is 6.08 Å². The fourth-order valence-corrected chi connectivity index (χ4v) is 4.13. The molecule has 10 nitrogen and oxygen atoms in total. The summed E-state index contributed by atoms with van der Waals surface area (Å²) in [6, 6.07) is 11.0. The van der Waals surface area contributed by atoms with Crippen LogP contribution in [-0.2, 0) is 30.3 Å². The number of hydrogen-bond donors (Lipinski definition) is 3. The molecule has 0 aliphatic rings. The number of esters is 1. The molecule has 0 heterocycles. The Morgan fingerprint density at radius 2 is 1.76 bits per heavy atom. The number of hydrogen-bond acceptors (Lipinski definition) is 7. The molecule has 10 heteroatoms. The number of benzene rings is 2. The predicted molar refractivity (Wildman–Crippen MR) is 160 cm³/mol. The summed E-state index contributed by atoms with van der Waals surface area (Å²) in [5.41, 5.74) is 1.07. The van der Waals surface area contributed by atoms with E-state index in [4.69, 9.17) is 9.47 Å². The summed E-state index contributed by atoms with van der Waals surface area (Å²) in [4.78, 5) is 53.9. The van der Waals surface area contributed by atoms with Crippen LogP contribution in [0.15, 0.2) is 67.8 Å². The average molecular weight is 580 g/mol. The van der Waals surface area contributed by atoms with Gasteiger partial charge in [-0.2, -0.15) is 0 Å². The Hall–Kier alpha value is -4.60. The van der Waals surface area contributed by atoms with Crippen LogP contribution in [0.2, 0.25) is 0 Å². The van der Waals surface area contributed by atoms with Crippen molar-refractivity contribution in [2.24, 2.45) is 0 Å². The van der Waals surface area contributed by atoms with E-state index >= 15 is 0 Å². The summed E-state index contributed by atoms with van der Waals surface area (Å²) in [6.07, 6.45) is 2.31. The van der Waals surface area contributed by atoms with E-state index in [1.807, 2.05) is 6.07 Å². The van der Waals surface area contributed by atoms with Gasteiger partial charge in [-0.1, -0.05) is 49.1 Å². The molecule has 2 atom stereocenters. The van der Waals surface area contributed by atoms with Crippen LogP contribution in [-0.4, -0.2) is 65.2 Å². The largest absolute Gasteiger partial charge is 0.508 e. The van der Waals surface area contributed by atoms with Crippen molar-refractivity contribution in [3.05, 3.63) is 84.5 Å². The second-order valence-electron chi connectivity index (χ2n) is 10.5. The first-order valence-corrected chi connectivity index (χ1v) is 13.7. The molecule has 2 unspecified atom stereocenters. The Balaban J connectivity index is 2.51. The average Bonchev–Trinajstić information content (AvgIpc) is 2.92. The van der Waals surface area contributed by atoms with E-state index in [2.05, 4.69) is 23.8 Å². The standard InChI is InChI=1S/C32H41N3O7/c1-7-19-35(28(24-12-10-11-22(8-2)20-24)29(38)33-18-17-27(37)41-9-3)30(39)26(34-31(40)42-32(4,5)6)21-23-13-15-25(36)16-14-23/h7-8,10-16,20,26,28,36H,1-2,9,17-19,21H2,3-6H3,(H,33,38)(H,34,40). The predicted octanol–water partition coefficient (Wildman–Crippen LogP) is 4.30. The third kappa shape index (κ3) is 10.8. The minimum atomic E-state index is -1.14. The first kappa shape index (κ1) is 33.6. The highest BCUT2D eigenvalue weighted by Crippen LogP contribution is 2.25. The summed E-state index contributed by atoms with van der Waals surface area (Å²) < 4.78 is 10.4. The van der Waals surface area contributed by atoms with Crippen molar-refractivity contribution in [1.29, 1.82) is 0 Å². The second kappa shape index (κ2) is 16.0. The van der Waals surface area contributed by atoms with Gasteiger partial charge in [0.25, 0.3) is 0 Å². The van der Waals surface area contributed by atoms with E-state index in [0.717, 1.165) is 5.56 Å². The van der Waals surface area contributed by atoms with Crippen LogP contribution in [0.5, 0.6) is 5.75 Å². The molecule has 3 N–H and O–H groups in total. The van der Waals surface area contributed by atoms with Gasteiger partial charge in [0.15, 0.2) is 0 Å². The maximum Gasteiger partial charge on any atom is 0.408 e. The van der Waals surface area contributed by atoms with Crippen LogP contribution in [0.4, 0.5) is 4.79 Å². The molecule has 0 aromatic heterocycles. The van der Waals surface area contributed by atoms with Gasteiger partial charge in [-0.15, -0.1) is 6.58 Å². The van der Waals surface area contributed by atoms with Gasteiger partial charge in [-0.25, -0.2) is 4.79 Å². The van der Waals surface area contributed by atoms with Gasteiger partial charge in [0.05, 0.1) is 13.0 Å². The number of aromatic hydroxyl groups is 1. The zero-order valence-electron chi connectivity index (χ0n) is 24.7. The van der Waals surface area contributed by atoms with Crippen molar-refractivity contribution in [3.63, 3.8) is 0 Å². The maximum absolute atomic E-state index is 14.2. The Labute approximate surface area is 247 Å². The molecule has 0 radical (unpaired) electrons. The highest BCUT2D eigenvalue weighted by Gasteiger charge is 2.36. The summed E-state index contributed by atoms with van der Waals surface area (Å²) in [5, 5.41) is 15.1. The molecule has 226 valence electrons. The molecule has 0 saturated heterocycles. The molecule has 0 aliphatic carbocycles. The SMILES string of the molecule is C=CCN(C(=O)C(Cc1ccc(O)cc1)NC(=O)OC(C)(C)C)C(C(=O)NCCC(=O)OCC)c1cccc(C=C)c1. The van der Waals surface area contributed by atoms with E-state index in [1.165, 1.54) is 23.1 Å². The Bertz CT molecular complexity index is 1250. The fraction of sp³-hybridized carbons (Fsp3) is 0.375. The monoisotopic (exact) mass is 579 g/mol. The van der Waals surface area contributed by atoms with Crippen LogP contribution >= 0.6 is 0 Å². The summed E-state index contributed by atoms with van der Waals surface area (Å²) >= 11 is 0. The van der Waals surface area contributed by atoms with E-state index in [9.17, 15) is 24.3 Å². The van der Waals surface area contributed by atoms with Crippen LogP contribution < -0.4 is 10.6 Å². The normalized spacial score (nSPS) is 12.3. The first-order valence-electron chi connectivity index (χ1n) is 13.7. The van der Waals surface area contributed by atoms with Crippen molar-refractivity contribution in [3.8, 4) is 5.75 Å². The Kier molecular flexibility index (Phi) is 12.8. The smallest absolute Gasteiger partial charge is 0.408 e. The lowest BCUT2D eigenvalue weighted by molar-refractivity contribution is -0.144. The molecular formula is C32H41N3O7. The van der Waals surface area contributed by atoms with Crippen LogP contribution in [0, 0.1) is 0 Å². The number of phenols is 1. The molecule has 2 aromatic carbocycles. The zero-order valence-corrected chi connectivity index (χ0v) is 24.7. The number of nitrogens with one attached hydrogen (secondary N) is 2. The number of amides is 3. The lowest BCUT2D eigenvalue weighted by atomic mass is 9.98. The number of carbonyl (C=O) groups excluding carboxylic acids is 4. The number of ether oxygens (including phenoxy) is 2. The Morgan fingerprint density at radius 1 is 1.07 bits per heavy atom. The van der Waals surface area contributed by atoms with Crippen molar-refractivity contribution >= 4 is 30.0 Å². The number of nitrogens with zero attached hydrogens (tertiary/aromatic N) is 1. The molecule has 0 spiro atoms. The van der Waals surface area contributed by atoms with Crippen LogP contribution in [0.3, 0.4) is 0 Å². The zero-order chi connectivity index (χ0) is 31.3. The van der Waals surface area contributed by atoms with Gasteiger partial charge in [-0.3, -0.25) is 14.4 Å². The van der Waals surface area contributed by atoms with E-state index in [0.29, 0.717) is 11.1 Å². The topological polar surface area (TPSA) is 134 Å². The highest BCUT2D eigenvalue weighted by atomic mass is 16.6. The van der Waals surface area contributed by atoms with Gasteiger partial charge >= 0.3 is 12.1 Å². The summed E-state index contributed by atoms with van der Waals surface area (Å²) in [5.74, 6) is -1.51. The van der Waals surface area contributed by atoms with Gasteiger partial charge in [-0.05, 0) is 62.6 Å². The third-order valence-corrected chi connectivity index (χ3v) is 5.93. The number of carbonyl (C=O) groups is 4. The van der Waals surface area contributed by atoms with E-state index in [1.54, 1.807) is 64.1 Å².